The Bertz CT molecular complexity index is 186. The molecule has 0 spiro atoms. The minimum atomic E-state index is 0.281. The molecule has 0 bridgehead atoms. The molecule has 3 heteroatoms. The summed E-state index contributed by atoms with van der Waals surface area (Å²) in [5.41, 5.74) is 0. The molecule has 3 nitrogen and oxygen atoms in total. The fourth-order valence-corrected chi connectivity index (χ4v) is 2.24. The maximum absolute atomic E-state index is 8.98. The minimum absolute atomic E-state index is 0.281. The third-order valence-electron chi connectivity index (χ3n) is 3.65. The molecular formula is C12H26N2O. The molecule has 1 rings (SSSR count). The SMILES string of the molecule is CC(CO)CNC1CC(C)N(C)CC1C. The van der Waals surface area contributed by atoms with Crippen LogP contribution in [0.15, 0.2) is 0 Å². The van der Waals surface area contributed by atoms with Gasteiger partial charge in [-0.15, -0.1) is 0 Å². The summed E-state index contributed by atoms with van der Waals surface area (Å²) in [7, 11) is 2.20. The Morgan fingerprint density at radius 2 is 2.13 bits per heavy atom. The predicted octanol–water partition coefficient (Wildman–Crippen LogP) is 0.933. The van der Waals surface area contributed by atoms with Crippen LogP contribution in [0.25, 0.3) is 0 Å². The molecule has 1 heterocycles. The highest BCUT2D eigenvalue weighted by atomic mass is 16.3. The van der Waals surface area contributed by atoms with E-state index in [9.17, 15) is 0 Å². The number of nitrogens with one attached hydrogen (secondary N) is 1. The lowest BCUT2D eigenvalue weighted by atomic mass is 9.89. The second kappa shape index (κ2) is 5.83. The molecule has 0 saturated carbocycles. The zero-order chi connectivity index (χ0) is 11.4. The van der Waals surface area contributed by atoms with Crippen LogP contribution in [0.2, 0.25) is 0 Å². The molecule has 0 aromatic rings. The van der Waals surface area contributed by atoms with Crippen molar-refractivity contribution in [2.24, 2.45) is 11.8 Å². The van der Waals surface area contributed by atoms with E-state index in [0.29, 0.717) is 23.9 Å². The molecule has 90 valence electrons. The second-order valence-corrected chi connectivity index (χ2v) is 5.30. The Labute approximate surface area is 93.9 Å². The van der Waals surface area contributed by atoms with Crippen molar-refractivity contribution in [1.29, 1.82) is 0 Å². The third kappa shape index (κ3) is 3.74. The largest absolute Gasteiger partial charge is 0.396 e. The van der Waals surface area contributed by atoms with Gasteiger partial charge in [-0.2, -0.15) is 0 Å². The van der Waals surface area contributed by atoms with E-state index < -0.39 is 0 Å². The zero-order valence-electron chi connectivity index (χ0n) is 10.5. The molecule has 2 N–H and O–H groups in total. The summed E-state index contributed by atoms with van der Waals surface area (Å²) in [6, 6.07) is 1.29. The van der Waals surface area contributed by atoms with Crippen LogP contribution < -0.4 is 5.32 Å². The molecule has 1 fully saturated rings. The fraction of sp³-hybridized carbons (Fsp3) is 1.00. The number of aliphatic hydroxyl groups excluding tert-OH is 1. The van der Waals surface area contributed by atoms with Crippen LogP contribution in [-0.2, 0) is 0 Å². The lowest BCUT2D eigenvalue weighted by molar-refractivity contribution is 0.117. The van der Waals surface area contributed by atoms with Crippen molar-refractivity contribution in [2.75, 3.05) is 26.7 Å². The van der Waals surface area contributed by atoms with Crippen LogP contribution >= 0.6 is 0 Å². The van der Waals surface area contributed by atoms with Crippen molar-refractivity contribution >= 4 is 0 Å². The van der Waals surface area contributed by atoms with Gasteiger partial charge in [0.05, 0.1) is 0 Å². The number of rotatable bonds is 4. The lowest BCUT2D eigenvalue weighted by Gasteiger charge is -2.40. The van der Waals surface area contributed by atoms with Gasteiger partial charge in [0.25, 0.3) is 0 Å². The molecule has 1 saturated heterocycles. The van der Waals surface area contributed by atoms with Gasteiger partial charge in [-0.1, -0.05) is 13.8 Å². The molecule has 0 amide bonds. The second-order valence-electron chi connectivity index (χ2n) is 5.30. The van der Waals surface area contributed by atoms with E-state index in [1.807, 2.05) is 0 Å². The molecule has 1 aliphatic rings. The topological polar surface area (TPSA) is 35.5 Å². The first-order chi connectivity index (χ1) is 7.04. The average molecular weight is 214 g/mol. The van der Waals surface area contributed by atoms with Gasteiger partial charge in [-0.3, -0.25) is 0 Å². The summed E-state index contributed by atoms with van der Waals surface area (Å²) in [5.74, 6) is 1.07. The predicted molar refractivity (Wildman–Crippen MR) is 63.9 cm³/mol. The Morgan fingerprint density at radius 1 is 1.47 bits per heavy atom. The maximum atomic E-state index is 8.98. The van der Waals surface area contributed by atoms with Crippen molar-refractivity contribution < 1.29 is 5.11 Å². The van der Waals surface area contributed by atoms with Crippen LogP contribution in [0, 0.1) is 11.8 Å². The summed E-state index contributed by atoms with van der Waals surface area (Å²) < 4.78 is 0. The van der Waals surface area contributed by atoms with Gasteiger partial charge >= 0.3 is 0 Å². The summed E-state index contributed by atoms with van der Waals surface area (Å²) in [5, 5.41) is 12.6. The average Bonchev–Trinajstić information content (AvgIpc) is 2.21. The van der Waals surface area contributed by atoms with Gasteiger partial charge in [0, 0.05) is 31.8 Å². The molecule has 0 aromatic heterocycles. The van der Waals surface area contributed by atoms with E-state index in [1.54, 1.807) is 0 Å². The molecule has 4 unspecified atom stereocenters. The van der Waals surface area contributed by atoms with Crippen LogP contribution in [-0.4, -0.2) is 48.8 Å². The Hall–Kier alpha value is -0.120. The van der Waals surface area contributed by atoms with E-state index in [1.165, 1.54) is 13.0 Å². The van der Waals surface area contributed by atoms with Gasteiger partial charge in [-0.05, 0) is 32.2 Å². The molecule has 0 aliphatic carbocycles. The van der Waals surface area contributed by atoms with Gasteiger partial charge in [0.15, 0.2) is 0 Å². The standard InChI is InChI=1S/C12H26N2O/c1-9(8-15)6-13-12-5-11(3)14(4)7-10(12)2/h9-13,15H,5-8H2,1-4H3. The Morgan fingerprint density at radius 3 is 2.73 bits per heavy atom. The third-order valence-corrected chi connectivity index (χ3v) is 3.65. The van der Waals surface area contributed by atoms with E-state index >= 15 is 0 Å². The Kier molecular flexibility index (Phi) is 5.03. The summed E-state index contributed by atoms with van der Waals surface area (Å²) in [4.78, 5) is 2.43. The number of hydrogen-bond acceptors (Lipinski definition) is 3. The number of nitrogens with zero attached hydrogens (tertiary/aromatic N) is 1. The monoisotopic (exact) mass is 214 g/mol. The number of hydrogen-bond donors (Lipinski definition) is 2. The summed E-state index contributed by atoms with van der Waals surface area (Å²) >= 11 is 0. The molecule has 15 heavy (non-hydrogen) atoms. The van der Waals surface area contributed by atoms with Crippen molar-refractivity contribution in [3.05, 3.63) is 0 Å². The quantitative estimate of drug-likeness (QED) is 0.731. The highest BCUT2D eigenvalue weighted by molar-refractivity contribution is 4.86. The first-order valence-corrected chi connectivity index (χ1v) is 6.09. The minimum Gasteiger partial charge on any atom is -0.396 e. The van der Waals surface area contributed by atoms with Crippen LogP contribution in [0.3, 0.4) is 0 Å². The van der Waals surface area contributed by atoms with Crippen LogP contribution in [0.4, 0.5) is 0 Å². The highest BCUT2D eigenvalue weighted by Crippen LogP contribution is 2.20. The van der Waals surface area contributed by atoms with Gasteiger partial charge < -0.3 is 15.3 Å². The number of aliphatic hydroxyl groups is 1. The zero-order valence-corrected chi connectivity index (χ0v) is 10.5. The molecule has 0 aromatic carbocycles. The summed E-state index contributed by atoms with van der Waals surface area (Å²) in [6.07, 6.45) is 1.22. The normalized spacial score (nSPS) is 35.4. The van der Waals surface area contributed by atoms with Gasteiger partial charge in [0.2, 0.25) is 0 Å². The van der Waals surface area contributed by atoms with Crippen LogP contribution in [0.1, 0.15) is 27.2 Å². The van der Waals surface area contributed by atoms with Gasteiger partial charge in [-0.25, -0.2) is 0 Å². The van der Waals surface area contributed by atoms with Crippen molar-refractivity contribution in [3.63, 3.8) is 0 Å². The van der Waals surface area contributed by atoms with Crippen molar-refractivity contribution in [1.82, 2.24) is 10.2 Å². The molecule has 0 radical (unpaired) electrons. The fourth-order valence-electron chi connectivity index (χ4n) is 2.24. The van der Waals surface area contributed by atoms with Crippen molar-refractivity contribution in [3.8, 4) is 0 Å². The molecular weight excluding hydrogens is 188 g/mol. The maximum Gasteiger partial charge on any atom is 0.0468 e. The van der Waals surface area contributed by atoms with E-state index in [0.717, 1.165) is 6.54 Å². The van der Waals surface area contributed by atoms with Gasteiger partial charge in [0.1, 0.15) is 0 Å². The Balaban J connectivity index is 2.34. The highest BCUT2D eigenvalue weighted by Gasteiger charge is 2.28. The van der Waals surface area contributed by atoms with Crippen molar-refractivity contribution in [2.45, 2.75) is 39.3 Å². The molecule has 4 atom stereocenters. The summed E-state index contributed by atoms with van der Waals surface area (Å²) in [6.45, 7) is 9.06. The first kappa shape index (κ1) is 12.9. The lowest BCUT2D eigenvalue weighted by Crippen LogP contribution is -2.51. The van der Waals surface area contributed by atoms with E-state index in [4.69, 9.17) is 5.11 Å². The van der Waals surface area contributed by atoms with E-state index in [2.05, 4.69) is 38.0 Å². The number of piperidine rings is 1. The first-order valence-electron chi connectivity index (χ1n) is 6.09. The number of likely N-dealkylation sites (tertiary alicyclic amines) is 1. The van der Waals surface area contributed by atoms with E-state index in [-0.39, 0.29) is 6.61 Å². The van der Waals surface area contributed by atoms with Crippen LogP contribution in [0.5, 0.6) is 0 Å². The smallest absolute Gasteiger partial charge is 0.0468 e. The molecule has 1 aliphatic heterocycles.